The first-order chi connectivity index (χ1) is 8.76. The Morgan fingerprint density at radius 3 is 2.61 bits per heavy atom. The summed E-state index contributed by atoms with van der Waals surface area (Å²) in [6.45, 7) is 2.05. The van der Waals surface area contributed by atoms with Crippen LogP contribution >= 0.6 is 0 Å². The molecular weight excluding hydrogens is 232 g/mol. The molecule has 0 aliphatic rings. The summed E-state index contributed by atoms with van der Waals surface area (Å²) in [7, 11) is 0. The van der Waals surface area contributed by atoms with E-state index in [2.05, 4.69) is 0 Å². The highest BCUT2D eigenvalue weighted by Gasteiger charge is 2.17. The minimum Gasteiger partial charge on any atom is -0.460 e. The number of hydrogen-bond donors (Lipinski definition) is 1. The van der Waals surface area contributed by atoms with Crippen molar-refractivity contribution in [2.75, 3.05) is 6.61 Å². The normalized spacial score (nSPS) is 10.3. The molecule has 0 saturated carbocycles. The minimum atomic E-state index is -0.469. The van der Waals surface area contributed by atoms with E-state index in [1.165, 1.54) is 6.26 Å². The first-order valence-corrected chi connectivity index (χ1v) is 5.71. The standard InChI is InChI=1S/C14H14O4/c1-2-17-14(16)13-12(7-8-18-13)11-5-3-10(9-15)4-6-11/h3-8,15H,2,9H2,1H3. The first kappa shape index (κ1) is 12.4. The van der Waals surface area contributed by atoms with E-state index in [4.69, 9.17) is 14.3 Å². The van der Waals surface area contributed by atoms with Gasteiger partial charge in [-0.2, -0.15) is 0 Å². The van der Waals surface area contributed by atoms with Crippen LogP contribution in [0.25, 0.3) is 11.1 Å². The molecule has 4 heteroatoms. The molecule has 0 bridgehead atoms. The van der Waals surface area contributed by atoms with Crippen molar-refractivity contribution in [3.8, 4) is 11.1 Å². The molecule has 1 aromatic carbocycles. The lowest BCUT2D eigenvalue weighted by Crippen LogP contribution is -2.04. The topological polar surface area (TPSA) is 59.7 Å². The van der Waals surface area contributed by atoms with Crippen LogP contribution < -0.4 is 0 Å². The Morgan fingerprint density at radius 1 is 1.28 bits per heavy atom. The summed E-state index contributed by atoms with van der Waals surface area (Å²) in [5.74, 6) is -0.266. The van der Waals surface area contributed by atoms with Crippen LogP contribution in [0.5, 0.6) is 0 Å². The smallest absolute Gasteiger partial charge is 0.374 e. The van der Waals surface area contributed by atoms with E-state index in [1.807, 2.05) is 12.1 Å². The van der Waals surface area contributed by atoms with E-state index >= 15 is 0 Å². The van der Waals surface area contributed by atoms with Crippen molar-refractivity contribution in [3.63, 3.8) is 0 Å². The monoisotopic (exact) mass is 246 g/mol. The van der Waals surface area contributed by atoms with Crippen LogP contribution in [0.4, 0.5) is 0 Å². The highest BCUT2D eigenvalue weighted by Crippen LogP contribution is 2.25. The van der Waals surface area contributed by atoms with Crippen LogP contribution in [0.15, 0.2) is 41.0 Å². The van der Waals surface area contributed by atoms with Crippen LogP contribution in [-0.2, 0) is 11.3 Å². The number of aliphatic hydroxyl groups is 1. The second-order valence-corrected chi connectivity index (χ2v) is 3.74. The first-order valence-electron chi connectivity index (χ1n) is 5.71. The van der Waals surface area contributed by atoms with Gasteiger partial charge in [0.15, 0.2) is 0 Å². The lowest BCUT2D eigenvalue weighted by atomic mass is 10.0. The SMILES string of the molecule is CCOC(=O)c1occc1-c1ccc(CO)cc1. The van der Waals surface area contributed by atoms with Crippen molar-refractivity contribution in [2.45, 2.75) is 13.5 Å². The predicted octanol–water partition coefficient (Wildman–Crippen LogP) is 2.62. The number of esters is 1. The lowest BCUT2D eigenvalue weighted by molar-refractivity contribution is 0.0491. The van der Waals surface area contributed by atoms with Crippen LogP contribution in [0, 0.1) is 0 Å². The van der Waals surface area contributed by atoms with Crippen molar-refractivity contribution in [2.24, 2.45) is 0 Å². The van der Waals surface area contributed by atoms with Crippen molar-refractivity contribution in [1.29, 1.82) is 0 Å². The molecule has 0 atom stereocenters. The lowest BCUT2D eigenvalue weighted by Gasteiger charge is -2.03. The zero-order chi connectivity index (χ0) is 13.0. The van der Waals surface area contributed by atoms with Crippen LogP contribution in [-0.4, -0.2) is 17.7 Å². The summed E-state index contributed by atoms with van der Waals surface area (Å²) in [5.41, 5.74) is 2.36. The van der Waals surface area contributed by atoms with Crippen molar-refractivity contribution >= 4 is 5.97 Å². The van der Waals surface area contributed by atoms with Gasteiger partial charge < -0.3 is 14.3 Å². The Kier molecular flexibility index (Phi) is 3.79. The maximum Gasteiger partial charge on any atom is 0.374 e. The summed E-state index contributed by atoms with van der Waals surface area (Å²) < 4.78 is 10.1. The van der Waals surface area contributed by atoms with Crippen LogP contribution in [0.3, 0.4) is 0 Å². The van der Waals surface area contributed by atoms with Crippen LogP contribution in [0.2, 0.25) is 0 Å². The molecule has 0 spiro atoms. The molecule has 0 amide bonds. The van der Waals surface area contributed by atoms with Gasteiger partial charge in [0.05, 0.1) is 19.5 Å². The largest absolute Gasteiger partial charge is 0.460 e. The fourth-order valence-corrected chi connectivity index (χ4v) is 1.68. The summed E-state index contributed by atoms with van der Waals surface area (Å²) >= 11 is 0. The van der Waals surface area contributed by atoms with Gasteiger partial charge in [-0.05, 0) is 24.1 Å². The summed E-state index contributed by atoms with van der Waals surface area (Å²) in [6, 6.07) is 8.99. The third-order valence-corrected chi connectivity index (χ3v) is 2.57. The van der Waals surface area contributed by atoms with E-state index in [-0.39, 0.29) is 12.4 Å². The third kappa shape index (κ3) is 2.43. The number of rotatable bonds is 4. The quantitative estimate of drug-likeness (QED) is 0.842. The van der Waals surface area contributed by atoms with E-state index in [0.717, 1.165) is 11.1 Å². The Hall–Kier alpha value is -2.07. The zero-order valence-electron chi connectivity index (χ0n) is 10.1. The average molecular weight is 246 g/mol. The molecule has 4 nitrogen and oxygen atoms in total. The predicted molar refractivity (Wildman–Crippen MR) is 66.0 cm³/mol. The number of carbonyl (C=O) groups is 1. The number of benzene rings is 1. The second kappa shape index (κ2) is 5.51. The van der Waals surface area contributed by atoms with Crippen molar-refractivity contribution < 1.29 is 19.1 Å². The van der Waals surface area contributed by atoms with E-state index in [1.54, 1.807) is 25.1 Å². The molecular formula is C14H14O4. The molecule has 0 unspecified atom stereocenters. The van der Waals surface area contributed by atoms with E-state index in [9.17, 15) is 4.79 Å². The zero-order valence-corrected chi connectivity index (χ0v) is 10.1. The van der Waals surface area contributed by atoms with Gasteiger partial charge in [0.1, 0.15) is 0 Å². The van der Waals surface area contributed by atoms with Gasteiger partial charge in [-0.25, -0.2) is 4.79 Å². The van der Waals surface area contributed by atoms with Gasteiger partial charge in [0.2, 0.25) is 5.76 Å². The molecule has 1 heterocycles. The van der Waals surface area contributed by atoms with Crippen molar-refractivity contribution in [3.05, 3.63) is 47.9 Å². The molecule has 1 aromatic heterocycles. The van der Waals surface area contributed by atoms with Gasteiger partial charge in [0.25, 0.3) is 0 Å². The van der Waals surface area contributed by atoms with E-state index < -0.39 is 5.97 Å². The van der Waals surface area contributed by atoms with Gasteiger partial charge in [-0.1, -0.05) is 24.3 Å². The molecule has 0 aliphatic heterocycles. The van der Waals surface area contributed by atoms with Crippen LogP contribution in [0.1, 0.15) is 23.0 Å². The molecule has 94 valence electrons. The Bertz CT molecular complexity index is 525. The number of carbonyl (C=O) groups excluding carboxylic acids is 1. The summed E-state index contributed by atoms with van der Waals surface area (Å²) in [6.07, 6.45) is 1.46. The second-order valence-electron chi connectivity index (χ2n) is 3.74. The third-order valence-electron chi connectivity index (χ3n) is 2.57. The Labute approximate surface area is 105 Å². The minimum absolute atomic E-state index is 0.00357. The number of hydrogen-bond acceptors (Lipinski definition) is 4. The number of aliphatic hydroxyl groups excluding tert-OH is 1. The molecule has 2 aromatic rings. The summed E-state index contributed by atoms with van der Waals surface area (Å²) in [4.78, 5) is 11.7. The molecule has 0 saturated heterocycles. The Morgan fingerprint density at radius 2 is 2.00 bits per heavy atom. The maximum atomic E-state index is 11.7. The summed E-state index contributed by atoms with van der Waals surface area (Å²) in [5, 5.41) is 8.98. The van der Waals surface area contributed by atoms with Crippen molar-refractivity contribution in [1.82, 2.24) is 0 Å². The maximum absolute atomic E-state index is 11.7. The fraction of sp³-hybridized carbons (Fsp3) is 0.214. The molecule has 2 rings (SSSR count). The van der Waals surface area contributed by atoms with Gasteiger partial charge in [-0.15, -0.1) is 0 Å². The highest BCUT2D eigenvalue weighted by molar-refractivity contribution is 5.94. The van der Waals surface area contributed by atoms with Gasteiger partial charge in [0, 0.05) is 5.56 Å². The molecule has 0 fully saturated rings. The fourth-order valence-electron chi connectivity index (χ4n) is 1.68. The van der Waals surface area contributed by atoms with Gasteiger partial charge >= 0.3 is 5.97 Å². The average Bonchev–Trinajstić information content (AvgIpc) is 2.88. The van der Waals surface area contributed by atoms with Gasteiger partial charge in [-0.3, -0.25) is 0 Å². The highest BCUT2D eigenvalue weighted by atomic mass is 16.5. The Balaban J connectivity index is 2.32. The number of ether oxygens (including phenoxy) is 1. The molecule has 0 aliphatic carbocycles. The molecule has 1 N–H and O–H groups in total. The number of furan rings is 1. The molecule has 0 radical (unpaired) electrons. The van der Waals surface area contributed by atoms with E-state index in [0.29, 0.717) is 12.2 Å². The molecule has 18 heavy (non-hydrogen) atoms.